The number of benzene rings is 2. The topological polar surface area (TPSA) is 58.1 Å². The zero-order valence-corrected chi connectivity index (χ0v) is 15.9. The van der Waals surface area contributed by atoms with E-state index in [1.54, 1.807) is 12.4 Å². The van der Waals surface area contributed by atoms with E-state index in [-0.39, 0.29) is 11.9 Å². The molecule has 1 aromatic heterocycles. The van der Waals surface area contributed by atoms with Crippen molar-refractivity contribution in [3.05, 3.63) is 76.6 Å². The Labute approximate surface area is 163 Å². The molecule has 2 aromatic carbocycles. The fourth-order valence-corrected chi connectivity index (χ4v) is 3.54. The second kappa shape index (κ2) is 7.00. The van der Waals surface area contributed by atoms with E-state index in [1.165, 1.54) is 5.56 Å². The second-order valence-corrected chi connectivity index (χ2v) is 7.17. The summed E-state index contributed by atoms with van der Waals surface area (Å²) in [5, 5.41) is 3.78. The van der Waals surface area contributed by atoms with Crippen molar-refractivity contribution < 1.29 is 4.79 Å². The Morgan fingerprint density at radius 1 is 1.19 bits per heavy atom. The van der Waals surface area contributed by atoms with Crippen LogP contribution in [0.2, 0.25) is 5.02 Å². The number of hydrogen-bond acceptors (Lipinski definition) is 4. The molecule has 27 heavy (non-hydrogen) atoms. The van der Waals surface area contributed by atoms with Crippen LogP contribution in [0.5, 0.6) is 0 Å². The summed E-state index contributed by atoms with van der Waals surface area (Å²) in [7, 11) is 0. The van der Waals surface area contributed by atoms with E-state index < -0.39 is 0 Å². The highest BCUT2D eigenvalue weighted by Gasteiger charge is 2.31. The molecule has 6 heteroatoms. The molecule has 1 aliphatic heterocycles. The number of halogens is 1. The van der Waals surface area contributed by atoms with E-state index in [0.717, 1.165) is 23.4 Å². The summed E-state index contributed by atoms with van der Waals surface area (Å²) in [4.78, 5) is 23.4. The Bertz CT molecular complexity index is 1000. The van der Waals surface area contributed by atoms with Crippen LogP contribution >= 0.6 is 11.6 Å². The van der Waals surface area contributed by atoms with Crippen LogP contribution in [0.15, 0.2) is 54.9 Å². The highest BCUT2D eigenvalue weighted by atomic mass is 35.5. The van der Waals surface area contributed by atoms with Crippen molar-refractivity contribution in [1.29, 1.82) is 0 Å². The largest absolute Gasteiger partial charge is 0.324 e. The molecule has 2 heterocycles. The van der Waals surface area contributed by atoms with Crippen LogP contribution in [-0.2, 0) is 6.42 Å². The van der Waals surface area contributed by atoms with Gasteiger partial charge in [-0.2, -0.15) is 0 Å². The zero-order chi connectivity index (χ0) is 19.0. The first-order chi connectivity index (χ1) is 13.0. The van der Waals surface area contributed by atoms with E-state index in [0.29, 0.717) is 16.5 Å². The molecule has 0 bridgehead atoms. The molecular weight excluding hydrogens is 360 g/mol. The third-order valence-electron chi connectivity index (χ3n) is 4.77. The van der Waals surface area contributed by atoms with E-state index >= 15 is 0 Å². The van der Waals surface area contributed by atoms with Crippen molar-refractivity contribution >= 4 is 34.8 Å². The summed E-state index contributed by atoms with van der Waals surface area (Å²) < 4.78 is 0. The first kappa shape index (κ1) is 17.5. The lowest BCUT2D eigenvalue weighted by molar-refractivity contribution is 0.0981. The first-order valence-corrected chi connectivity index (χ1v) is 9.17. The average molecular weight is 379 g/mol. The summed E-state index contributed by atoms with van der Waals surface area (Å²) >= 11 is 6.05. The van der Waals surface area contributed by atoms with Crippen molar-refractivity contribution in [3.63, 3.8) is 0 Å². The fourth-order valence-electron chi connectivity index (χ4n) is 3.37. The maximum atomic E-state index is 13.0. The predicted octanol–water partition coefficient (Wildman–Crippen LogP) is 4.77. The summed E-state index contributed by atoms with van der Waals surface area (Å²) in [5.74, 6) is 0.338. The maximum absolute atomic E-state index is 13.0. The molecular formula is C21H19ClN4O. The molecule has 1 unspecified atom stereocenters. The summed E-state index contributed by atoms with van der Waals surface area (Å²) in [6.45, 7) is 4.03. The van der Waals surface area contributed by atoms with Gasteiger partial charge in [-0.3, -0.25) is 4.79 Å². The normalized spacial score (nSPS) is 15.5. The van der Waals surface area contributed by atoms with Gasteiger partial charge in [-0.1, -0.05) is 35.9 Å². The number of aromatic nitrogens is 2. The molecule has 1 N–H and O–H groups in total. The quantitative estimate of drug-likeness (QED) is 0.713. The standard InChI is InChI=1S/C21H19ClN4O/c1-13-7-8-17(22)10-18(13)25-21-23-11-16(12-24-21)20(27)26-14(2)9-15-5-3-4-6-19(15)26/h3-8,10-12,14H,9H2,1-2H3,(H,23,24,25). The van der Waals surface area contributed by atoms with Gasteiger partial charge in [0.25, 0.3) is 5.91 Å². The van der Waals surface area contributed by atoms with Crippen LogP contribution in [0.1, 0.15) is 28.4 Å². The minimum Gasteiger partial charge on any atom is -0.324 e. The van der Waals surface area contributed by atoms with E-state index in [1.807, 2.05) is 48.2 Å². The molecule has 0 saturated carbocycles. The number of carbonyl (C=O) groups is 1. The number of nitrogens with zero attached hydrogens (tertiary/aromatic N) is 3. The van der Waals surface area contributed by atoms with Gasteiger partial charge in [0.1, 0.15) is 0 Å². The third kappa shape index (κ3) is 3.38. The van der Waals surface area contributed by atoms with Crippen molar-refractivity contribution in [2.45, 2.75) is 26.3 Å². The molecule has 0 fully saturated rings. The lowest BCUT2D eigenvalue weighted by atomic mass is 10.1. The molecule has 0 saturated heterocycles. The van der Waals surface area contributed by atoms with Gasteiger partial charge in [0.2, 0.25) is 5.95 Å². The van der Waals surface area contributed by atoms with Crippen LogP contribution in [-0.4, -0.2) is 21.9 Å². The van der Waals surface area contributed by atoms with E-state index in [9.17, 15) is 4.79 Å². The summed E-state index contributed by atoms with van der Waals surface area (Å²) in [6.07, 6.45) is 3.98. The number of nitrogens with one attached hydrogen (secondary N) is 1. The summed E-state index contributed by atoms with van der Waals surface area (Å²) in [6, 6.07) is 13.7. The van der Waals surface area contributed by atoms with E-state index in [2.05, 4.69) is 28.3 Å². The highest BCUT2D eigenvalue weighted by molar-refractivity contribution is 6.30. The SMILES string of the molecule is Cc1ccc(Cl)cc1Nc1ncc(C(=O)N2c3ccccc3CC2C)cn1. The van der Waals surface area contributed by atoms with Crippen molar-refractivity contribution in [2.24, 2.45) is 0 Å². The van der Waals surface area contributed by atoms with Crippen molar-refractivity contribution in [3.8, 4) is 0 Å². The highest BCUT2D eigenvalue weighted by Crippen LogP contribution is 2.33. The van der Waals surface area contributed by atoms with Gasteiger partial charge in [-0.15, -0.1) is 0 Å². The first-order valence-electron chi connectivity index (χ1n) is 8.79. The molecule has 1 amide bonds. The Morgan fingerprint density at radius 2 is 1.93 bits per heavy atom. The van der Waals surface area contributed by atoms with Crippen molar-refractivity contribution in [2.75, 3.05) is 10.2 Å². The number of anilines is 3. The molecule has 136 valence electrons. The Morgan fingerprint density at radius 3 is 2.70 bits per heavy atom. The smallest absolute Gasteiger partial charge is 0.261 e. The Hall–Kier alpha value is -2.92. The molecule has 4 rings (SSSR count). The lowest BCUT2D eigenvalue weighted by Crippen LogP contribution is -2.35. The molecule has 1 aliphatic rings. The van der Waals surface area contributed by atoms with Gasteiger partial charge in [0.05, 0.1) is 5.56 Å². The van der Waals surface area contributed by atoms with Crippen molar-refractivity contribution in [1.82, 2.24) is 9.97 Å². The second-order valence-electron chi connectivity index (χ2n) is 6.74. The minimum absolute atomic E-state index is 0.0852. The van der Waals surface area contributed by atoms with E-state index in [4.69, 9.17) is 11.6 Å². The number of aryl methyl sites for hydroxylation is 1. The Kier molecular flexibility index (Phi) is 4.54. The molecule has 5 nitrogen and oxygen atoms in total. The predicted molar refractivity (Wildman–Crippen MR) is 108 cm³/mol. The molecule has 0 radical (unpaired) electrons. The Balaban J connectivity index is 1.56. The molecule has 3 aromatic rings. The van der Waals surface area contributed by atoms with Gasteiger partial charge in [-0.25, -0.2) is 9.97 Å². The summed E-state index contributed by atoms with van der Waals surface area (Å²) in [5.41, 5.74) is 4.49. The van der Waals surface area contributed by atoms with Gasteiger partial charge in [0, 0.05) is 34.8 Å². The number of rotatable bonds is 3. The average Bonchev–Trinajstić information content (AvgIpc) is 3.00. The number of hydrogen-bond donors (Lipinski definition) is 1. The number of carbonyl (C=O) groups excluding carboxylic acids is 1. The fraction of sp³-hybridized carbons (Fsp3) is 0.190. The van der Waals surface area contributed by atoms with Crippen LogP contribution in [0.4, 0.5) is 17.3 Å². The maximum Gasteiger partial charge on any atom is 0.261 e. The number of para-hydroxylation sites is 1. The van der Waals surface area contributed by atoms with Crippen LogP contribution in [0.25, 0.3) is 0 Å². The number of fused-ring (bicyclic) bond motifs is 1. The van der Waals surface area contributed by atoms with Gasteiger partial charge < -0.3 is 10.2 Å². The van der Waals surface area contributed by atoms with Crippen LogP contribution in [0, 0.1) is 6.92 Å². The van der Waals surface area contributed by atoms with Gasteiger partial charge >= 0.3 is 0 Å². The minimum atomic E-state index is -0.0852. The van der Waals surface area contributed by atoms with Gasteiger partial charge in [0.15, 0.2) is 0 Å². The molecule has 0 spiro atoms. The number of amides is 1. The third-order valence-corrected chi connectivity index (χ3v) is 5.01. The lowest BCUT2D eigenvalue weighted by Gasteiger charge is -2.22. The zero-order valence-electron chi connectivity index (χ0n) is 15.1. The van der Waals surface area contributed by atoms with Crippen LogP contribution in [0.3, 0.4) is 0 Å². The monoisotopic (exact) mass is 378 g/mol. The molecule has 0 aliphatic carbocycles. The molecule has 1 atom stereocenters. The van der Waals surface area contributed by atoms with Gasteiger partial charge in [-0.05, 0) is 49.6 Å². The van der Waals surface area contributed by atoms with Crippen LogP contribution < -0.4 is 10.2 Å².